The van der Waals surface area contributed by atoms with Gasteiger partial charge in [-0.25, -0.2) is 0 Å². The number of likely N-dealkylation sites (tertiary alicyclic amines) is 2. The molecule has 2 saturated heterocycles. The molecular weight excluding hydrogens is 196 g/mol. The van der Waals surface area contributed by atoms with Gasteiger partial charge < -0.3 is 14.9 Å². The highest BCUT2D eigenvalue weighted by atomic mass is 16.3. The Bertz CT molecular complexity index is 292. The predicted molar refractivity (Wildman–Crippen MR) is 53.0 cm³/mol. The number of hydrogen-bond acceptors (Lipinski definition) is 3. The number of hydrogen-bond donors (Lipinski definition) is 1. The van der Waals surface area contributed by atoms with E-state index in [1.165, 1.54) is 0 Å². The lowest BCUT2D eigenvalue weighted by Crippen LogP contribution is -2.49. The number of carbonyl (C=O) groups is 2. The fraction of sp³-hybridized carbons (Fsp3) is 0.800. The van der Waals surface area contributed by atoms with Gasteiger partial charge in [-0.3, -0.25) is 9.59 Å². The van der Waals surface area contributed by atoms with Crippen LogP contribution < -0.4 is 0 Å². The molecule has 0 aromatic carbocycles. The van der Waals surface area contributed by atoms with E-state index >= 15 is 0 Å². The zero-order chi connectivity index (χ0) is 11.0. The molecule has 2 aliphatic heterocycles. The average Bonchev–Trinajstić information content (AvgIpc) is 2.50. The molecule has 0 radical (unpaired) electrons. The number of aliphatic hydroxyl groups excluding tert-OH is 1. The maximum atomic E-state index is 11.5. The molecule has 5 heteroatoms. The van der Waals surface area contributed by atoms with Crippen LogP contribution in [0.3, 0.4) is 0 Å². The molecule has 1 N–H and O–H groups in total. The number of β-amino-alcohol motifs (C(OH)–C–C–N with tert-alkyl or cyclic N) is 1. The van der Waals surface area contributed by atoms with Crippen molar-refractivity contribution >= 4 is 11.8 Å². The third-order valence-corrected chi connectivity index (χ3v) is 3.18. The second-order valence-corrected chi connectivity index (χ2v) is 4.37. The molecule has 2 amide bonds. The Morgan fingerprint density at radius 1 is 1.27 bits per heavy atom. The van der Waals surface area contributed by atoms with Gasteiger partial charge >= 0.3 is 0 Å². The summed E-state index contributed by atoms with van der Waals surface area (Å²) < 4.78 is 0. The van der Waals surface area contributed by atoms with Crippen molar-refractivity contribution < 1.29 is 14.7 Å². The number of piperidine rings is 1. The number of likely N-dealkylation sites (N-methyl/N-ethyl adjacent to an activating group) is 1. The van der Waals surface area contributed by atoms with Crippen LogP contribution in [0.15, 0.2) is 0 Å². The zero-order valence-corrected chi connectivity index (χ0v) is 8.85. The van der Waals surface area contributed by atoms with Crippen molar-refractivity contribution in [3.05, 3.63) is 0 Å². The van der Waals surface area contributed by atoms with Crippen LogP contribution in [0.5, 0.6) is 0 Å². The van der Waals surface area contributed by atoms with Crippen LogP contribution in [0.4, 0.5) is 0 Å². The van der Waals surface area contributed by atoms with Gasteiger partial charge in [0.15, 0.2) is 0 Å². The van der Waals surface area contributed by atoms with E-state index in [2.05, 4.69) is 0 Å². The van der Waals surface area contributed by atoms with Gasteiger partial charge in [-0.15, -0.1) is 0 Å². The van der Waals surface area contributed by atoms with E-state index in [0.717, 1.165) is 6.42 Å². The molecule has 84 valence electrons. The SMILES string of the molecule is CN1CC(N2CC(O)CC2=O)CCC1=O. The molecule has 2 fully saturated rings. The van der Waals surface area contributed by atoms with Gasteiger partial charge in [-0.2, -0.15) is 0 Å². The molecule has 0 spiro atoms. The molecule has 2 rings (SSSR count). The molecule has 5 nitrogen and oxygen atoms in total. The summed E-state index contributed by atoms with van der Waals surface area (Å²) >= 11 is 0. The predicted octanol–water partition coefficient (Wildman–Crippen LogP) is -0.800. The van der Waals surface area contributed by atoms with Gasteiger partial charge in [0.05, 0.1) is 12.5 Å². The first-order chi connectivity index (χ1) is 7.08. The molecule has 0 aromatic rings. The van der Waals surface area contributed by atoms with Gasteiger partial charge in [0.25, 0.3) is 0 Å². The minimum atomic E-state index is -0.527. The molecule has 0 aromatic heterocycles. The van der Waals surface area contributed by atoms with Crippen molar-refractivity contribution in [2.24, 2.45) is 0 Å². The van der Waals surface area contributed by atoms with Gasteiger partial charge in [0.1, 0.15) is 0 Å². The standard InChI is InChI=1S/C10H16N2O3/c1-11-5-7(2-3-9(11)14)12-6-8(13)4-10(12)15/h7-8,13H,2-6H2,1H3. The first-order valence-electron chi connectivity index (χ1n) is 5.29. The van der Waals surface area contributed by atoms with E-state index in [9.17, 15) is 14.7 Å². The van der Waals surface area contributed by atoms with Crippen LogP contribution in [-0.4, -0.2) is 59.0 Å². The van der Waals surface area contributed by atoms with E-state index in [0.29, 0.717) is 19.5 Å². The molecule has 2 aliphatic rings. The van der Waals surface area contributed by atoms with Gasteiger partial charge in [-0.05, 0) is 6.42 Å². The fourth-order valence-electron chi connectivity index (χ4n) is 2.31. The van der Waals surface area contributed by atoms with Gasteiger partial charge in [-0.1, -0.05) is 0 Å². The Morgan fingerprint density at radius 2 is 2.00 bits per heavy atom. The molecule has 2 atom stereocenters. The summed E-state index contributed by atoms with van der Waals surface area (Å²) in [6.45, 7) is 1.02. The molecule has 2 unspecified atom stereocenters. The van der Waals surface area contributed by atoms with Crippen molar-refractivity contribution in [2.75, 3.05) is 20.1 Å². The third-order valence-electron chi connectivity index (χ3n) is 3.18. The lowest BCUT2D eigenvalue weighted by Gasteiger charge is -2.35. The number of nitrogens with zero attached hydrogens (tertiary/aromatic N) is 2. The largest absolute Gasteiger partial charge is 0.391 e. The third kappa shape index (κ3) is 1.97. The van der Waals surface area contributed by atoms with Crippen molar-refractivity contribution in [2.45, 2.75) is 31.4 Å². The number of carbonyl (C=O) groups excluding carboxylic acids is 2. The maximum Gasteiger partial charge on any atom is 0.225 e. The van der Waals surface area contributed by atoms with E-state index in [-0.39, 0.29) is 24.3 Å². The Labute approximate surface area is 88.6 Å². The first kappa shape index (κ1) is 10.4. The highest BCUT2D eigenvalue weighted by molar-refractivity contribution is 5.80. The average molecular weight is 212 g/mol. The van der Waals surface area contributed by atoms with Crippen molar-refractivity contribution in [1.82, 2.24) is 9.80 Å². The molecule has 0 saturated carbocycles. The van der Waals surface area contributed by atoms with Gasteiger partial charge in [0.2, 0.25) is 11.8 Å². The van der Waals surface area contributed by atoms with Crippen LogP contribution in [0.2, 0.25) is 0 Å². The minimum Gasteiger partial charge on any atom is -0.391 e. The summed E-state index contributed by atoms with van der Waals surface area (Å²) in [6.07, 6.45) is 0.928. The Morgan fingerprint density at radius 3 is 2.53 bits per heavy atom. The molecule has 0 bridgehead atoms. The summed E-state index contributed by atoms with van der Waals surface area (Å²) in [5.41, 5.74) is 0. The second kappa shape index (κ2) is 3.81. The summed E-state index contributed by atoms with van der Waals surface area (Å²) in [4.78, 5) is 26.2. The monoisotopic (exact) mass is 212 g/mol. The summed E-state index contributed by atoms with van der Waals surface area (Å²) in [5.74, 6) is 0.147. The van der Waals surface area contributed by atoms with E-state index in [1.54, 1.807) is 16.8 Å². The number of aliphatic hydroxyl groups is 1. The molecule has 2 heterocycles. The van der Waals surface area contributed by atoms with Crippen molar-refractivity contribution in [1.29, 1.82) is 0 Å². The molecular formula is C10H16N2O3. The topological polar surface area (TPSA) is 60.9 Å². The quantitative estimate of drug-likeness (QED) is 0.619. The fourth-order valence-corrected chi connectivity index (χ4v) is 2.31. The molecule has 0 aliphatic carbocycles. The summed E-state index contributed by atoms with van der Waals surface area (Å²) in [5, 5.41) is 9.38. The maximum absolute atomic E-state index is 11.5. The molecule has 15 heavy (non-hydrogen) atoms. The number of amides is 2. The van der Waals surface area contributed by atoms with E-state index < -0.39 is 6.10 Å². The van der Waals surface area contributed by atoms with Crippen LogP contribution in [0.25, 0.3) is 0 Å². The van der Waals surface area contributed by atoms with Crippen LogP contribution in [-0.2, 0) is 9.59 Å². The minimum absolute atomic E-state index is 0.00949. The lowest BCUT2D eigenvalue weighted by atomic mass is 10.0. The van der Waals surface area contributed by atoms with Crippen LogP contribution in [0.1, 0.15) is 19.3 Å². The van der Waals surface area contributed by atoms with Crippen LogP contribution in [0, 0.1) is 0 Å². The lowest BCUT2D eigenvalue weighted by molar-refractivity contribution is -0.138. The normalized spacial score (nSPS) is 32.7. The smallest absolute Gasteiger partial charge is 0.225 e. The zero-order valence-electron chi connectivity index (χ0n) is 8.85. The Kier molecular flexibility index (Phi) is 2.65. The summed E-state index contributed by atoms with van der Waals surface area (Å²) in [7, 11) is 1.76. The van der Waals surface area contributed by atoms with Gasteiger partial charge in [0, 0.05) is 32.6 Å². The number of rotatable bonds is 1. The Balaban J connectivity index is 2.00. The van der Waals surface area contributed by atoms with Crippen LogP contribution >= 0.6 is 0 Å². The first-order valence-corrected chi connectivity index (χ1v) is 5.29. The van der Waals surface area contributed by atoms with E-state index in [4.69, 9.17) is 0 Å². The summed E-state index contributed by atoms with van der Waals surface area (Å²) in [6, 6.07) is 0.0948. The highest BCUT2D eigenvalue weighted by Gasteiger charge is 2.36. The van der Waals surface area contributed by atoms with Crippen molar-refractivity contribution in [3.63, 3.8) is 0 Å². The highest BCUT2D eigenvalue weighted by Crippen LogP contribution is 2.21. The second-order valence-electron chi connectivity index (χ2n) is 4.37. The van der Waals surface area contributed by atoms with E-state index in [1.807, 2.05) is 0 Å². The Hall–Kier alpha value is -1.10. The van der Waals surface area contributed by atoms with Crippen molar-refractivity contribution in [3.8, 4) is 0 Å².